The molecule has 0 aliphatic carbocycles. The van der Waals surface area contributed by atoms with Crippen LogP contribution >= 0.6 is 0 Å². The molecule has 19 heavy (non-hydrogen) atoms. The van der Waals surface area contributed by atoms with Crippen LogP contribution in [0.4, 0.5) is 5.69 Å². The molecule has 2 aromatic rings. The molecule has 1 N–H and O–H groups in total. The minimum absolute atomic E-state index is 0.108. The molecule has 2 rings (SSSR count). The summed E-state index contributed by atoms with van der Waals surface area (Å²) in [6.45, 7) is 0.514. The van der Waals surface area contributed by atoms with Crippen molar-refractivity contribution < 1.29 is 14.4 Å². The maximum Gasteiger partial charge on any atom is 0.311 e. The SMILES string of the molecule is COCCOc1cc2[nH]ccc(=O)c2cc1[N+](=O)[O-]. The quantitative estimate of drug-likeness (QED) is 0.501. The van der Waals surface area contributed by atoms with Gasteiger partial charge in [0.25, 0.3) is 0 Å². The molecule has 0 bridgehead atoms. The van der Waals surface area contributed by atoms with Crippen LogP contribution in [0.3, 0.4) is 0 Å². The number of pyridine rings is 1. The van der Waals surface area contributed by atoms with E-state index in [1.54, 1.807) is 0 Å². The van der Waals surface area contributed by atoms with Gasteiger partial charge in [-0.25, -0.2) is 0 Å². The monoisotopic (exact) mass is 264 g/mol. The van der Waals surface area contributed by atoms with E-state index >= 15 is 0 Å². The maximum absolute atomic E-state index is 11.6. The van der Waals surface area contributed by atoms with Crippen LogP contribution in [0.15, 0.2) is 29.2 Å². The van der Waals surface area contributed by atoms with Crippen molar-refractivity contribution in [3.05, 3.63) is 44.7 Å². The minimum Gasteiger partial charge on any atom is -0.484 e. The predicted octanol–water partition coefficient (Wildman–Crippen LogP) is 1.46. The summed E-state index contributed by atoms with van der Waals surface area (Å²) in [7, 11) is 1.51. The number of aromatic nitrogens is 1. The number of rotatable bonds is 5. The molecule has 0 aliphatic rings. The summed E-state index contributed by atoms with van der Waals surface area (Å²) in [6, 6.07) is 3.98. The molecule has 1 aromatic carbocycles. The Bertz CT molecular complexity index is 665. The smallest absolute Gasteiger partial charge is 0.311 e. The zero-order chi connectivity index (χ0) is 13.8. The van der Waals surface area contributed by atoms with Crippen LogP contribution in [-0.2, 0) is 4.74 Å². The van der Waals surface area contributed by atoms with E-state index in [1.807, 2.05) is 0 Å². The highest BCUT2D eigenvalue weighted by Crippen LogP contribution is 2.30. The van der Waals surface area contributed by atoms with E-state index in [9.17, 15) is 14.9 Å². The zero-order valence-corrected chi connectivity index (χ0v) is 10.2. The average Bonchev–Trinajstić information content (AvgIpc) is 2.38. The van der Waals surface area contributed by atoms with Gasteiger partial charge in [-0.3, -0.25) is 14.9 Å². The Morgan fingerprint density at radius 3 is 2.84 bits per heavy atom. The van der Waals surface area contributed by atoms with E-state index in [2.05, 4.69) is 4.98 Å². The normalized spacial score (nSPS) is 10.6. The molecule has 0 aliphatic heterocycles. The standard InChI is InChI=1S/C12H12N2O5/c1-18-4-5-19-12-7-9-8(6-10(12)14(16)17)11(15)2-3-13-9/h2-3,6-7H,4-5H2,1H3,(H,13,15). The topological polar surface area (TPSA) is 94.5 Å². The zero-order valence-electron chi connectivity index (χ0n) is 10.2. The molecule has 0 unspecified atom stereocenters. The van der Waals surface area contributed by atoms with Gasteiger partial charge in [-0.2, -0.15) is 0 Å². The third kappa shape index (κ3) is 2.71. The van der Waals surface area contributed by atoms with Crippen LogP contribution in [0.25, 0.3) is 10.9 Å². The number of nitrogens with zero attached hydrogens (tertiary/aromatic N) is 1. The molecule has 0 radical (unpaired) electrons. The third-order valence-electron chi connectivity index (χ3n) is 2.58. The molecule has 0 saturated carbocycles. The lowest BCUT2D eigenvalue weighted by Gasteiger charge is -2.07. The van der Waals surface area contributed by atoms with E-state index in [0.717, 1.165) is 0 Å². The summed E-state index contributed by atoms with van der Waals surface area (Å²) < 4.78 is 10.1. The van der Waals surface area contributed by atoms with Gasteiger partial charge in [0, 0.05) is 31.5 Å². The number of benzene rings is 1. The van der Waals surface area contributed by atoms with E-state index in [4.69, 9.17) is 9.47 Å². The van der Waals surface area contributed by atoms with Crippen molar-refractivity contribution in [1.29, 1.82) is 0 Å². The molecule has 7 heteroatoms. The molecule has 1 aromatic heterocycles. The molecule has 7 nitrogen and oxygen atoms in total. The number of nitro benzene ring substituents is 1. The highest BCUT2D eigenvalue weighted by atomic mass is 16.6. The first-order valence-electron chi connectivity index (χ1n) is 5.55. The van der Waals surface area contributed by atoms with Crippen LogP contribution in [0.5, 0.6) is 5.75 Å². The summed E-state index contributed by atoms with van der Waals surface area (Å²) in [5.41, 5.74) is -0.0221. The number of hydrogen-bond donors (Lipinski definition) is 1. The lowest BCUT2D eigenvalue weighted by molar-refractivity contribution is -0.385. The number of nitro groups is 1. The van der Waals surface area contributed by atoms with Crippen molar-refractivity contribution in [2.75, 3.05) is 20.3 Å². The van der Waals surface area contributed by atoms with Gasteiger partial charge in [-0.1, -0.05) is 0 Å². The summed E-state index contributed by atoms with van der Waals surface area (Å²) in [5.74, 6) is 0.108. The molecule has 1 heterocycles. The second kappa shape index (κ2) is 5.49. The number of nitrogens with one attached hydrogen (secondary N) is 1. The first-order valence-corrected chi connectivity index (χ1v) is 5.55. The molecule has 0 amide bonds. The Kier molecular flexibility index (Phi) is 3.76. The number of fused-ring (bicyclic) bond motifs is 1. The van der Waals surface area contributed by atoms with Gasteiger partial charge in [-0.15, -0.1) is 0 Å². The minimum atomic E-state index is -0.575. The van der Waals surface area contributed by atoms with Crippen LogP contribution in [0.1, 0.15) is 0 Å². The second-order valence-corrected chi connectivity index (χ2v) is 3.81. The predicted molar refractivity (Wildman–Crippen MR) is 68.6 cm³/mol. The highest BCUT2D eigenvalue weighted by Gasteiger charge is 2.17. The maximum atomic E-state index is 11.6. The lowest BCUT2D eigenvalue weighted by Crippen LogP contribution is -2.07. The molecular formula is C12H12N2O5. The van der Waals surface area contributed by atoms with Crippen molar-refractivity contribution >= 4 is 16.6 Å². The molecule has 100 valence electrons. The van der Waals surface area contributed by atoms with Crippen LogP contribution in [0, 0.1) is 10.1 Å². The van der Waals surface area contributed by atoms with Gasteiger partial charge >= 0.3 is 5.69 Å². The summed E-state index contributed by atoms with van der Waals surface area (Å²) >= 11 is 0. The van der Waals surface area contributed by atoms with Gasteiger partial charge in [0.2, 0.25) is 0 Å². The van der Waals surface area contributed by atoms with Crippen molar-refractivity contribution in [2.45, 2.75) is 0 Å². The van der Waals surface area contributed by atoms with E-state index in [-0.39, 0.29) is 28.9 Å². The summed E-state index contributed by atoms with van der Waals surface area (Å²) in [4.78, 5) is 24.9. The van der Waals surface area contributed by atoms with Crippen LogP contribution in [-0.4, -0.2) is 30.2 Å². The Morgan fingerprint density at radius 1 is 1.37 bits per heavy atom. The van der Waals surface area contributed by atoms with E-state index < -0.39 is 4.92 Å². The molecular weight excluding hydrogens is 252 g/mol. The molecule has 0 spiro atoms. The average molecular weight is 264 g/mol. The van der Waals surface area contributed by atoms with Gasteiger partial charge in [-0.05, 0) is 0 Å². The largest absolute Gasteiger partial charge is 0.484 e. The highest BCUT2D eigenvalue weighted by molar-refractivity contribution is 5.83. The number of hydrogen-bond acceptors (Lipinski definition) is 5. The van der Waals surface area contributed by atoms with E-state index in [0.29, 0.717) is 12.1 Å². The first kappa shape index (κ1) is 13.0. The number of H-pyrrole nitrogens is 1. The van der Waals surface area contributed by atoms with Gasteiger partial charge in [0.05, 0.1) is 22.4 Å². The fourth-order valence-corrected chi connectivity index (χ4v) is 1.68. The second-order valence-electron chi connectivity index (χ2n) is 3.81. The molecule has 0 saturated heterocycles. The lowest BCUT2D eigenvalue weighted by atomic mass is 10.2. The summed E-state index contributed by atoms with van der Waals surface area (Å²) in [5, 5.41) is 11.2. The van der Waals surface area contributed by atoms with E-state index in [1.165, 1.54) is 31.5 Å². The number of ether oxygens (including phenoxy) is 2. The fraction of sp³-hybridized carbons (Fsp3) is 0.250. The molecule has 0 atom stereocenters. The number of aromatic amines is 1. The Labute approximate surface area is 107 Å². The van der Waals surface area contributed by atoms with Crippen LogP contribution in [0.2, 0.25) is 0 Å². The van der Waals surface area contributed by atoms with Crippen molar-refractivity contribution in [2.24, 2.45) is 0 Å². The third-order valence-corrected chi connectivity index (χ3v) is 2.58. The summed E-state index contributed by atoms with van der Waals surface area (Å²) in [6.07, 6.45) is 1.48. The van der Waals surface area contributed by atoms with Crippen LogP contribution < -0.4 is 10.2 Å². The fourth-order valence-electron chi connectivity index (χ4n) is 1.68. The molecule has 0 fully saturated rings. The number of methoxy groups -OCH3 is 1. The van der Waals surface area contributed by atoms with Gasteiger partial charge in [0.15, 0.2) is 11.2 Å². The van der Waals surface area contributed by atoms with Crippen molar-refractivity contribution in [3.8, 4) is 5.75 Å². The van der Waals surface area contributed by atoms with Gasteiger partial charge in [0.1, 0.15) is 6.61 Å². The van der Waals surface area contributed by atoms with Crippen molar-refractivity contribution in [1.82, 2.24) is 4.98 Å². The van der Waals surface area contributed by atoms with Gasteiger partial charge < -0.3 is 14.5 Å². The Hall–Kier alpha value is -2.41. The van der Waals surface area contributed by atoms with Crippen molar-refractivity contribution in [3.63, 3.8) is 0 Å². The first-order chi connectivity index (χ1) is 9.13. The Morgan fingerprint density at radius 2 is 2.16 bits per heavy atom. The Balaban J connectivity index is 2.52.